The summed E-state index contributed by atoms with van der Waals surface area (Å²) >= 11 is 14.6. The number of pyridine rings is 1. The molecular weight excluding hydrogens is 1220 g/mol. The molecule has 0 aliphatic carbocycles. The number of H-pyrrole nitrogens is 1. The molecule has 0 bridgehead atoms. The predicted molar refractivity (Wildman–Crippen MR) is 334 cm³/mol. The standard InChI is InChI=1S/C58H71ClN12O9S2.C2HF3O2/c1-33(72)50(57(79)69-48(32-82)54(76)65-44(51(62)73)26-35-16-19-37-11-3-4-12-38(37)24-35)70-56(78)49(15-7-8-22-60)71(2)58(80)46(28-39-30-64-43-14-6-5-13-41(39)43)67-53(75)45(27-36-10-9-23-63-29-36)66-55(77)47(31-81)68-52(74)42(61)25-34-17-20-40(59)21-18-34;3-2(4,5)1(6)7/h3-6,9-14,16-21,23-24,29-30,33,42,44-50,64,72,81-82H,7-8,15,22,25-28,31-32,60-61H2,1-2H3,(H2,62,73)(H,65,76)(H,66,77)(H,67,75)(H,68,74)(H,69,79)(H,70,78);(H,6,7)/t33-,42+,44+,45+,46-,47-,48+,49+,50+;/m1./s1. The summed E-state index contributed by atoms with van der Waals surface area (Å²) < 4.78 is 31.7. The Morgan fingerprint density at radius 1 is 0.663 bits per heavy atom. The van der Waals surface area contributed by atoms with Crippen molar-refractivity contribution >= 4 is 112 Å². The average molecular weight is 1290 g/mol. The molecule has 8 amide bonds. The first-order chi connectivity index (χ1) is 42.2. The van der Waals surface area contributed by atoms with Gasteiger partial charge in [0.2, 0.25) is 47.3 Å². The van der Waals surface area contributed by atoms with Gasteiger partial charge in [0.15, 0.2) is 0 Å². The lowest BCUT2D eigenvalue weighted by Crippen LogP contribution is -2.62. The van der Waals surface area contributed by atoms with Crippen molar-refractivity contribution in [2.45, 2.75) is 112 Å². The number of aliphatic carboxylic acids is 1. The number of unbranched alkanes of at least 4 members (excludes halogenated alkanes) is 1. The highest BCUT2D eigenvalue weighted by atomic mass is 35.5. The molecule has 0 aliphatic rings. The fourth-order valence-electron chi connectivity index (χ4n) is 9.26. The molecule has 4 aromatic carbocycles. The number of nitrogens with two attached hydrogens (primary N) is 3. The van der Waals surface area contributed by atoms with Crippen LogP contribution in [0, 0.1) is 0 Å². The molecule has 0 saturated heterocycles. The minimum absolute atomic E-state index is 0.0143. The van der Waals surface area contributed by atoms with E-state index in [1.165, 1.54) is 26.4 Å². The largest absolute Gasteiger partial charge is 0.490 e. The number of rotatable bonds is 30. The number of carbonyl (C=O) groups excluding carboxylic acids is 8. The highest BCUT2D eigenvalue weighted by Crippen LogP contribution is 2.22. The summed E-state index contributed by atoms with van der Waals surface area (Å²) in [5.41, 5.74) is 21.2. The van der Waals surface area contributed by atoms with Gasteiger partial charge in [-0.25, -0.2) is 4.79 Å². The third-order valence-electron chi connectivity index (χ3n) is 14.1. The summed E-state index contributed by atoms with van der Waals surface area (Å²) in [5.74, 6) is -9.65. The zero-order valence-corrected chi connectivity index (χ0v) is 51.0. The van der Waals surface area contributed by atoms with Crippen LogP contribution in [0.1, 0.15) is 48.4 Å². The van der Waals surface area contributed by atoms with Crippen LogP contribution < -0.4 is 49.1 Å². The van der Waals surface area contributed by atoms with E-state index in [1.807, 2.05) is 66.7 Å². The van der Waals surface area contributed by atoms with Gasteiger partial charge in [0.1, 0.15) is 42.3 Å². The van der Waals surface area contributed by atoms with Crippen molar-refractivity contribution in [1.29, 1.82) is 0 Å². The first-order valence-electron chi connectivity index (χ1n) is 27.9. The first kappa shape index (κ1) is 71.5. The topological polar surface area (TPSA) is 376 Å². The Balaban J connectivity index is 0.00000194. The van der Waals surface area contributed by atoms with Crippen LogP contribution in [0.4, 0.5) is 13.2 Å². The second-order valence-electron chi connectivity index (χ2n) is 20.8. The van der Waals surface area contributed by atoms with Crippen LogP contribution >= 0.6 is 36.9 Å². The first-order valence-corrected chi connectivity index (χ1v) is 29.6. The summed E-state index contributed by atoms with van der Waals surface area (Å²) in [7, 11) is 1.36. The minimum atomic E-state index is -5.08. The number of alkyl halides is 3. The molecule has 0 saturated carbocycles. The molecule has 6 aromatic rings. The third kappa shape index (κ3) is 21.8. The van der Waals surface area contributed by atoms with Gasteiger partial charge in [-0.15, -0.1) is 0 Å². The molecule has 2 aromatic heterocycles. The van der Waals surface area contributed by atoms with Gasteiger partial charge in [0.05, 0.1) is 12.1 Å². The van der Waals surface area contributed by atoms with Crippen molar-refractivity contribution in [2.75, 3.05) is 25.1 Å². The maximum atomic E-state index is 15.1. The van der Waals surface area contributed by atoms with Crippen molar-refractivity contribution in [1.82, 2.24) is 46.8 Å². The monoisotopic (exact) mass is 1290 g/mol. The third-order valence-corrected chi connectivity index (χ3v) is 15.1. The Bertz CT molecular complexity index is 3410. The van der Waals surface area contributed by atoms with E-state index in [9.17, 15) is 51.8 Å². The smallest absolute Gasteiger partial charge is 0.475 e. The van der Waals surface area contributed by atoms with Gasteiger partial charge >= 0.3 is 12.1 Å². The fourth-order valence-corrected chi connectivity index (χ4v) is 9.90. The summed E-state index contributed by atoms with van der Waals surface area (Å²) in [6, 6.07) is 20.0. The molecule has 0 aliphatic heterocycles. The van der Waals surface area contributed by atoms with Crippen LogP contribution in [0.2, 0.25) is 5.02 Å². The quantitative estimate of drug-likeness (QED) is 0.0227. The summed E-state index contributed by atoms with van der Waals surface area (Å²) in [6.07, 6.45) is -1.17. The Morgan fingerprint density at radius 3 is 1.82 bits per heavy atom. The van der Waals surface area contributed by atoms with Gasteiger partial charge in [-0.05, 0) is 96.4 Å². The van der Waals surface area contributed by atoms with Crippen LogP contribution in [-0.4, -0.2) is 164 Å². The number of carboxylic acid groups (broad SMARTS) is 1. The maximum Gasteiger partial charge on any atom is 0.490 e. The molecular formula is C60H72ClF3N12O11S2. The molecule has 2 heterocycles. The number of hydrogen-bond acceptors (Lipinski definition) is 15. The summed E-state index contributed by atoms with van der Waals surface area (Å²) in [4.78, 5) is 130. The number of carbonyl (C=O) groups is 9. The molecule has 15 N–H and O–H groups in total. The maximum absolute atomic E-state index is 15.1. The number of aliphatic hydroxyl groups is 1. The molecule has 0 radical (unpaired) electrons. The number of aromatic nitrogens is 2. The molecule has 29 heteroatoms. The van der Waals surface area contributed by atoms with E-state index in [0.29, 0.717) is 34.6 Å². The fraction of sp³-hybridized carbons (Fsp3) is 0.367. The SMILES string of the molecule is C[C@@H](O)[C@H](NC(=O)[C@H](CCCCN)N(C)C(=O)[C@@H](Cc1c[nH]c2ccccc12)NC(=O)[C@H](Cc1cccnc1)NC(=O)[C@@H](CS)NC(=O)[C@@H](N)Cc1ccc(Cl)cc1)C(=O)N[C@@H](CS)C(=O)N[C@@H](Cc1ccc2ccccc2c1)C(N)=O.O=C(O)C(F)(F)F. The molecule has 9 atom stereocenters. The van der Waals surface area contributed by atoms with E-state index in [4.69, 9.17) is 38.7 Å². The minimum Gasteiger partial charge on any atom is -0.475 e. The number of carboxylic acids is 1. The number of aliphatic hydroxyl groups excluding tert-OH is 1. The Morgan fingerprint density at radius 2 is 1.22 bits per heavy atom. The van der Waals surface area contributed by atoms with E-state index in [-0.39, 0.29) is 50.2 Å². The van der Waals surface area contributed by atoms with Gasteiger partial charge in [-0.3, -0.25) is 43.3 Å². The van der Waals surface area contributed by atoms with E-state index in [1.54, 1.807) is 42.6 Å². The molecule has 0 fully saturated rings. The number of benzene rings is 4. The van der Waals surface area contributed by atoms with Crippen molar-refractivity contribution < 1.29 is 66.5 Å². The van der Waals surface area contributed by atoms with E-state index in [2.05, 4.69) is 67.1 Å². The number of fused-ring (bicyclic) bond motifs is 2. The number of primary amides is 1. The number of nitrogens with zero attached hydrogens (tertiary/aromatic N) is 2. The Labute approximate surface area is 526 Å². The van der Waals surface area contributed by atoms with Crippen molar-refractivity contribution in [3.8, 4) is 0 Å². The van der Waals surface area contributed by atoms with E-state index >= 15 is 4.79 Å². The zero-order valence-electron chi connectivity index (χ0n) is 48.4. The second-order valence-corrected chi connectivity index (χ2v) is 22.0. The normalized spacial score (nSPS) is 14.3. The lowest BCUT2D eigenvalue weighted by atomic mass is 10.00. The van der Waals surface area contributed by atoms with Gasteiger partial charge in [0.25, 0.3) is 0 Å². The number of amides is 8. The summed E-state index contributed by atoms with van der Waals surface area (Å²) in [5, 5.41) is 37.1. The molecule has 89 heavy (non-hydrogen) atoms. The number of para-hydroxylation sites is 1. The van der Waals surface area contributed by atoms with Gasteiger partial charge in [0, 0.05) is 72.3 Å². The van der Waals surface area contributed by atoms with Crippen LogP contribution in [0.5, 0.6) is 0 Å². The number of hydrogen-bond donors (Lipinski definition) is 14. The summed E-state index contributed by atoms with van der Waals surface area (Å²) in [6.45, 7) is 1.50. The van der Waals surface area contributed by atoms with E-state index < -0.39 is 114 Å². The lowest BCUT2D eigenvalue weighted by Gasteiger charge is -2.33. The van der Waals surface area contributed by atoms with Crippen LogP contribution in [-0.2, 0) is 68.8 Å². The van der Waals surface area contributed by atoms with Gasteiger partial charge in [-0.1, -0.05) is 90.5 Å². The van der Waals surface area contributed by atoms with E-state index in [0.717, 1.165) is 32.1 Å². The van der Waals surface area contributed by atoms with Crippen LogP contribution in [0.25, 0.3) is 21.7 Å². The molecule has 23 nitrogen and oxygen atoms in total. The number of thiol groups is 2. The van der Waals surface area contributed by atoms with Crippen molar-refractivity contribution in [3.05, 3.63) is 149 Å². The second kappa shape index (κ2) is 34.5. The number of nitrogens with one attached hydrogen (secondary N) is 7. The molecule has 0 unspecified atom stereocenters. The lowest BCUT2D eigenvalue weighted by molar-refractivity contribution is -0.192. The molecule has 478 valence electrons. The van der Waals surface area contributed by atoms with Crippen molar-refractivity contribution in [3.63, 3.8) is 0 Å². The van der Waals surface area contributed by atoms with Crippen molar-refractivity contribution in [2.24, 2.45) is 17.2 Å². The van der Waals surface area contributed by atoms with Gasteiger partial charge in [-0.2, -0.15) is 38.4 Å². The predicted octanol–water partition coefficient (Wildman–Crippen LogP) is 2.19. The number of halogens is 4. The highest BCUT2D eigenvalue weighted by Gasteiger charge is 2.39. The Kier molecular flexibility index (Phi) is 27.7. The van der Waals surface area contributed by atoms with Crippen LogP contribution in [0.15, 0.2) is 122 Å². The number of likely N-dealkylation sites (N-methyl/N-ethyl adjacent to an activating group) is 1. The average Bonchev–Trinajstić information content (AvgIpc) is 3.65. The van der Waals surface area contributed by atoms with Gasteiger partial charge < -0.3 is 69.2 Å². The molecule has 6 rings (SSSR count). The molecule has 0 spiro atoms. The number of aromatic amines is 1. The van der Waals surface area contributed by atoms with Crippen LogP contribution in [0.3, 0.4) is 0 Å². The highest BCUT2D eigenvalue weighted by molar-refractivity contribution is 7.80. The zero-order chi connectivity index (χ0) is 65.5. The Hall–Kier alpha value is -8.28.